The quantitative estimate of drug-likeness (QED) is 0.262. The minimum Gasteiger partial charge on any atom is -0.453 e. The van der Waals surface area contributed by atoms with Crippen molar-refractivity contribution in [2.24, 2.45) is 11.1 Å². The van der Waals surface area contributed by atoms with Crippen LogP contribution in [0.15, 0.2) is 11.2 Å². The lowest BCUT2D eigenvalue weighted by atomic mass is 9.97. The molecule has 1 heterocycles. The summed E-state index contributed by atoms with van der Waals surface area (Å²) in [7, 11) is 1.20. The summed E-state index contributed by atoms with van der Waals surface area (Å²) < 4.78 is 33.1. The Balaban J connectivity index is 2.27. The Labute approximate surface area is 157 Å². The van der Waals surface area contributed by atoms with E-state index in [2.05, 4.69) is 15.2 Å². The highest BCUT2D eigenvalue weighted by atomic mass is 19.1. The minimum atomic E-state index is -1.45. The maximum absolute atomic E-state index is 14.5. The number of nitrogens with zero attached hydrogens (tertiary/aromatic N) is 3. The molecule has 0 spiro atoms. The number of rotatable bonds is 3. The molecule has 152 valence electrons. The number of piperidine rings is 1. The van der Waals surface area contributed by atoms with Gasteiger partial charge in [0, 0.05) is 13.1 Å². The van der Waals surface area contributed by atoms with Crippen molar-refractivity contribution in [2.75, 3.05) is 20.2 Å². The van der Waals surface area contributed by atoms with E-state index in [1.807, 2.05) is 0 Å². The first-order valence-electron chi connectivity index (χ1n) is 8.20. The van der Waals surface area contributed by atoms with Crippen LogP contribution in [0.25, 0.3) is 0 Å². The second-order valence-corrected chi connectivity index (χ2v) is 6.14. The number of carbonyl (C=O) groups excluding carboxylic acids is 2. The first-order chi connectivity index (χ1) is 13.2. The van der Waals surface area contributed by atoms with Crippen LogP contribution < -0.4 is 5.32 Å². The van der Waals surface area contributed by atoms with E-state index in [0.717, 1.165) is 6.92 Å². The third-order valence-corrected chi connectivity index (χ3v) is 4.43. The average Bonchev–Trinajstić information content (AvgIpc) is 2.68. The van der Waals surface area contributed by atoms with Gasteiger partial charge in [0.05, 0.1) is 29.1 Å². The molecule has 1 aliphatic rings. The molecule has 1 fully saturated rings. The number of carbonyl (C=O) groups is 2. The minimum absolute atomic E-state index is 0.0160. The molecule has 1 aromatic rings. The van der Waals surface area contributed by atoms with Crippen LogP contribution in [0.1, 0.15) is 24.0 Å². The Hall–Kier alpha value is -3.31. The normalized spacial score (nSPS) is 17.2. The number of benzene rings is 1. The maximum Gasteiger partial charge on any atom is 0.409 e. The number of nitrogens with one attached hydrogen (secondary N) is 1. The second kappa shape index (κ2) is 8.59. The Morgan fingerprint density at radius 3 is 2.71 bits per heavy atom. The summed E-state index contributed by atoms with van der Waals surface area (Å²) in [5.41, 5.74) is -2.43. The van der Waals surface area contributed by atoms with Gasteiger partial charge in [0.1, 0.15) is 5.82 Å². The molecule has 0 saturated carbocycles. The fraction of sp³-hybridized carbons (Fsp3) is 0.438. The molecular formula is C16H18F2N4O6. The SMILES string of the molecule is COC(=O)N1CCC[C@H](C(=O)N/C(=N\O)c2cc(F)c(C)c([N+](=O)[O-])c2F)C1. The van der Waals surface area contributed by atoms with E-state index < -0.39 is 57.1 Å². The van der Waals surface area contributed by atoms with Gasteiger partial charge in [-0.1, -0.05) is 5.16 Å². The zero-order valence-electron chi connectivity index (χ0n) is 15.1. The van der Waals surface area contributed by atoms with Gasteiger partial charge in [-0.3, -0.25) is 14.9 Å². The number of methoxy groups -OCH3 is 1. The van der Waals surface area contributed by atoms with Crippen LogP contribution >= 0.6 is 0 Å². The highest BCUT2D eigenvalue weighted by Gasteiger charge is 2.32. The Bertz CT molecular complexity index is 845. The monoisotopic (exact) mass is 400 g/mol. The summed E-state index contributed by atoms with van der Waals surface area (Å²) in [4.78, 5) is 35.3. The molecule has 1 saturated heterocycles. The van der Waals surface area contributed by atoms with Crippen LogP contribution in [-0.2, 0) is 9.53 Å². The summed E-state index contributed by atoms with van der Waals surface area (Å²) in [6.45, 7) is 1.43. The van der Waals surface area contributed by atoms with Gasteiger partial charge < -0.3 is 20.2 Å². The zero-order chi connectivity index (χ0) is 21.0. The van der Waals surface area contributed by atoms with E-state index in [-0.39, 0.29) is 6.54 Å². The highest BCUT2D eigenvalue weighted by molar-refractivity contribution is 6.08. The standard InChI is InChI=1S/C16H18F2N4O6/c1-8-11(17)6-10(12(18)13(8)22(26)27)14(20-25)19-15(23)9-4-3-5-21(7-9)16(24)28-2/h6,9,25H,3-5,7H2,1-2H3,(H,19,20,23)/t9-/m0/s1. The number of nitro benzene ring substituents is 1. The molecule has 0 unspecified atom stereocenters. The molecule has 1 aromatic carbocycles. The summed E-state index contributed by atoms with van der Waals surface area (Å²) in [5.74, 6) is -4.77. The van der Waals surface area contributed by atoms with Crippen LogP contribution in [-0.4, -0.2) is 53.1 Å². The topological polar surface area (TPSA) is 134 Å². The van der Waals surface area contributed by atoms with Crippen LogP contribution in [0.4, 0.5) is 19.3 Å². The van der Waals surface area contributed by atoms with Gasteiger partial charge in [-0.25, -0.2) is 9.18 Å². The van der Waals surface area contributed by atoms with Gasteiger partial charge in [-0.15, -0.1) is 0 Å². The number of amidine groups is 1. The summed E-state index contributed by atoms with van der Waals surface area (Å²) >= 11 is 0. The number of halogens is 2. The van der Waals surface area contributed by atoms with Crippen molar-refractivity contribution in [3.8, 4) is 0 Å². The molecule has 28 heavy (non-hydrogen) atoms. The van der Waals surface area contributed by atoms with E-state index in [9.17, 15) is 28.5 Å². The average molecular weight is 400 g/mol. The first-order valence-corrected chi connectivity index (χ1v) is 8.20. The van der Waals surface area contributed by atoms with Crippen molar-refractivity contribution in [1.82, 2.24) is 10.2 Å². The van der Waals surface area contributed by atoms with Crippen LogP contribution in [0.3, 0.4) is 0 Å². The van der Waals surface area contributed by atoms with Gasteiger partial charge in [-0.05, 0) is 25.8 Å². The first kappa shape index (κ1) is 21.0. The lowest BCUT2D eigenvalue weighted by Crippen LogP contribution is -2.46. The molecule has 2 N–H and O–H groups in total. The third-order valence-electron chi connectivity index (χ3n) is 4.43. The number of nitro groups is 1. The number of oxime groups is 1. The van der Waals surface area contributed by atoms with E-state index >= 15 is 0 Å². The van der Waals surface area contributed by atoms with E-state index in [4.69, 9.17) is 5.21 Å². The third kappa shape index (κ3) is 4.15. The molecule has 10 nitrogen and oxygen atoms in total. The molecule has 0 aliphatic carbocycles. The lowest BCUT2D eigenvalue weighted by Gasteiger charge is -2.30. The van der Waals surface area contributed by atoms with Crippen LogP contribution in [0, 0.1) is 34.6 Å². The van der Waals surface area contributed by atoms with Crippen molar-refractivity contribution in [3.05, 3.63) is 38.9 Å². The molecule has 0 bridgehead atoms. The summed E-state index contributed by atoms with van der Waals surface area (Å²) in [6, 6.07) is 0.592. The van der Waals surface area contributed by atoms with E-state index in [0.29, 0.717) is 25.5 Å². The number of hydrogen-bond donors (Lipinski definition) is 2. The number of ether oxygens (including phenoxy) is 1. The van der Waals surface area contributed by atoms with Gasteiger partial charge in [-0.2, -0.15) is 4.39 Å². The number of hydrogen-bond acceptors (Lipinski definition) is 7. The molecule has 2 amide bonds. The zero-order valence-corrected chi connectivity index (χ0v) is 15.1. The van der Waals surface area contributed by atoms with Crippen molar-refractivity contribution >= 4 is 23.5 Å². The second-order valence-electron chi connectivity index (χ2n) is 6.14. The predicted molar refractivity (Wildman–Crippen MR) is 90.9 cm³/mol. The van der Waals surface area contributed by atoms with Gasteiger partial charge in [0.15, 0.2) is 5.84 Å². The van der Waals surface area contributed by atoms with E-state index in [1.54, 1.807) is 0 Å². The fourth-order valence-electron chi connectivity index (χ4n) is 2.94. The molecule has 2 rings (SSSR count). The van der Waals surface area contributed by atoms with Crippen LogP contribution in [0.2, 0.25) is 0 Å². The van der Waals surface area contributed by atoms with Crippen molar-refractivity contribution in [2.45, 2.75) is 19.8 Å². The Morgan fingerprint density at radius 2 is 2.14 bits per heavy atom. The number of amides is 2. The smallest absolute Gasteiger partial charge is 0.409 e. The number of likely N-dealkylation sites (tertiary alicyclic amines) is 1. The molecule has 0 aromatic heterocycles. The molecule has 0 radical (unpaired) electrons. The van der Waals surface area contributed by atoms with Gasteiger partial charge in [0.2, 0.25) is 11.7 Å². The van der Waals surface area contributed by atoms with Crippen LogP contribution in [0.5, 0.6) is 0 Å². The van der Waals surface area contributed by atoms with Gasteiger partial charge >= 0.3 is 11.8 Å². The van der Waals surface area contributed by atoms with E-state index in [1.165, 1.54) is 12.0 Å². The molecular weight excluding hydrogens is 382 g/mol. The van der Waals surface area contributed by atoms with Crippen molar-refractivity contribution in [1.29, 1.82) is 0 Å². The van der Waals surface area contributed by atoms with Gasteiger partial charge in [0.25, 0.3) is 0 Å². The maximum atomic E-state index is 14.5. The fourth-order valence-corrected chi connectivity index (χ4v) is 2.94. The molecule has 1 aliphatic heterocycles. The summed E-state index contributed by atoms with van der Waals surface area (Å²) in [6.07, 6.45) is 0.275. The largest absolute Gasteiger partial charge is 0.453 e. The van der Waals surface area contributed by atoms with Crippen molar-refractivity contribution < 1.29 is 33.2 Å². The Morgan fingerprint density at radius 1 is 1.46 bits per heavy atom. The van der Waals surface area contributed by atoms with Crippen molar-refractivity contribution in [3.63, 3.8) is 0 Å². The molecule has 12 heteroatoms. The lowest BCUT2D eigenvalue weighted by molar-refractivity contribution is -0.388. The molecule has 1 atom stereocenters. The Kier molecular flexibility index (Phi) is 6.44. The predicted octanol–water partition coefficient (Wildman–Crippen LogP) is 1.91. The highest BCUT2D eigenvalue weighted by Crippen LogP contribution is 2.28. The summed E-state index contributed by atoms with van der Waals surface area (Å²) in [5, 5.41) is 25.0.